The number of morpholine rings is 1. The highest BCUT2D eigenvalue weighted by Crippen LogP contribution is 2.38. The molecule has 2 aliphatic heterocycles. The summed E-state index contributed by atoms with van der Waals surface area (Å²) in [4.78, 5) is 30.7. The third-order valence-electron chi connectivity index (χ3n) is 6.09. The van der Waals surface area contributed by atoms with Gasteiger partial charge in [0.25, 0.3) is 5.91 Å². The van der Waals surface area contributed by atoms with E-state index in [0.717, 1.165) is 26.1 Å². The number of fused-ring (bicyclic) bond motifs is 2. The van der Waals surface area contributed by atoms with Crippen molar-refractivity contribution in [3.05, 3.63) is 80.4 Å². The van der Waals surface area contributed by atoms with Gasteiger partial charge in [0.15, 0.2) is 5.43 Å². The van der Waals surface area contributed by atoms with Crippen molar-refractivity contribution in [2.24, 2.45) is 0 Å². The molecule has 0 unspecified atom stereocenters. The largest absolute Gasteiger partial charge is 0.450 e. The Hall–Kier alpha value is -2.74. The van der Waals surface area contributed by atoms with Crippen LogP contribution in [0, 0.1) is 5.82 Å². The normalized spacial score (nSPS) is 19.0. The molecule has 1 saturated heterocycles. The van der Waals surface area contributed by atoms with Gasteiger partial charge in [-0.3, -0.25) is 14.5 Å². The Labute approximate surface area is 189 Å². The molecule has 166 valence electrons. The van der Waals surface area contributed by atoms with Crippen LogP contribution < -0.4 is 5.43 Å². The number of carbonyl (C=O) groups excluding carboxylic acids is 1. The van der Waals surface area contributed by atoms with E-state index in [1.54, 1.807) is 35.2 Å². The summed E-state index contributed by atoms with van der Waals surface area (Å²) < 4.78 is 24.9. The number of halogens is 2. The minimum atomic E-state index is -0.637. The Balaban J connectivity index is 1.53. The molecule has 3 heterocycles. The van der Waals surface area contributed by atoms with Gasteiger partial charge in [-0.15, -0.1) is 0 Å². The third kappa shape index (κ3) is 3.81. The number of carbonyl (C=O) groups is 1. The average molecular weight is 457 g/mol. The van der Waals surface area contributed by atoms with Gasteiger partial charge in [0.05, 0.1) is 30.2 Å². The van der Waals surface area contributed by atoms with Gasteiger partial charge >= 0.3 is 0 Å². The predicted octanol–water partition coefficient (Wildman–Crippen LogP) is 3.85. The van der Waals surface area contributed by atoms with Gasteiger partial charge in [-0.1, -0.05) is 23.7 Å². The molecule has 1 aromatic heterocycles. The molecule has 5 rings (SSSR count). The van der Waals surface area contributed by atoms with Crippen molar-refractivity contribution in [2.45, 2.75) is 12.5 Å². The zero-order valence-electron chi connectivity index (χ0n) is 17.4. The molecule has 32 heavy (non-hydrogen) atoms. The van der Waals surface area contributed by atoms with Crippen LogP contribution in [-0.2, 0) is 4.74 Å². The Kier molecular flexibility index (Phi) is 5.71. The second-order valence-electron chi connectivity index (χ2n) is 8.07. The van der Waals surface area contributed by atoms with Crippen molar-refractivity contribution in [2.75, 3.05) is 39.4 Å². The van der Waals surface area contributed by atoms with Crippen molar-refractivity contribution >= 4 is 28.5 Å². The summed E-state index contributed by atoms with van der Waals surface area (Å²) in [7, 11) is 0. The van der Waals surface area contributed by atoms with Gasteiger partial charge in [-0.05, 0) is 42.3 Å². The fourth-order valence-electron chi connectivity index (χ4n) is 4.50. The lowest BCUT2D eigenvalue weighted by atomic mass is 9.98. The first-order valence-electron chi connectivity index (χ1n) is 10.7. The lowest BCUT2D eigenvalue weighted by molar-refractivity contribution is 0.0353. The molecule has 2 aromatic carbocycles. The molecule has 2 aliphatic rings. The fourth-order valence-corrected chi connectivity index (χ4v) is 4.68. The van der Waals surface area contributed by atoms with Crippen LogP contribution in [0.3, 0.4) is 0 Å². The Bertz CT molecular complexity index is 1220. The Morgan fingerprint density at radius 3 is 2.53 bits per heavy atom. The highest BCUT2D eigenvalue weighted by atomic mass is 35.5. The van der Waals surface area contributed by atoms with Gasteiger partial charge in [0.1, 0.15) is 11.4 Å². The molecule has 1 amide bonds. The lowest BCUT2D eigenvalue weighted by Crippen LogP contribution is -2.38. The number of nitrogens with zero attached hydrogens (tertiary/aromatic N) is 2. The number of benzene rings is 2. The first kappa shape index (κ1) is 21.1. The van der Waals surface area contributed by atoms with Crippen LogP contribution in [0.4, 0.5) is 4.39 Å². The van der Waals surface area contributed by atoms with Crippen LogP contribution in [0.25, 0.3) is 11.0 Å². The van der Waals surface area contributed by atoms with Crippen LogP contribution in [-0.4, -0.2) is 55.1 Å². The molecule has 1 atom stereocenters. The van der Waals surface area contributed by atoms with E-state index in [0.29, 0.717) is 41.3 Å². The maximum Gasteiger partial charge on any atom is 0.290 e. The molecular formula is C24H22ClFN2O4. The van der Waals surface area contributed by atoms with E-state index in [4.69, 9.17) is 20.8 Å². The predicted molar refractivity (Wildman–Crippen MR) is 119 cm³/mol. The quantitative estimate of drug-likeness (QED) is 0.583. The van der Waals surface area contributed by atoms with E-state index in [2.05, 4.69) is 4.90 Å². The van der Waals surface area contributed by atoms with E-state index < -0.39 is 6.04 Å². The zero-order chi connectivity index (χ0) is 22.2. The summed E-state index contributed by atoms with van der Waals surface area (Å²) in [5, 5.41) is 0.737. The molecule has 1 fully saturated rings. The first-order valence-corrected chi connectivity index (χ1v) is 11.0. The molecule has 0 bridgehead atoms. The van der Waals surface area contributed by atoms with E-state index >= 15 is 0 Å². The monoisotopic (exact) mass is 456 g/mol. The molecule has 8 heteroatoms. The summed E-state index contributed by atoms with van der Waals surface area (Å²) in [5.74, 6) is -0.662. The van der Waals surface area contributed by atoms with Crippen molar-refractivity contribution in [1.82, 2.24) is 9.80 Å². The maximum absolute atomic E-state index is 13.6. The second-order valence-corrected chi connectivity index (χ2v) is 8.51. The van der Waals surface area contributed by atoms with Crippen molar-refractivity contribution in [3.63, 3.8) is 0 Å². The highest BCUT2D eigenvalue weighted by molar-refractivity contribution is 6.31. The van der Waals surface area contributed by atoms with Gasteiger partial charge in [-0.25, -0.2) is 4.39 Å². The minimum absolute atomic E-state index is 0.0468. The number of hydrogen-bond donors (Lipinski definition) is 0. The molecule has 0 spiro atoms. The highest BCUT2D eigenvalue weighted by Gasteiger charge is 2.42. The molecule has 0 saturated carbocycles. The van der Waals surface area contributed by atoms with Crippen LogP contribution in [0.5, 0.6) is 0 Å². The van der Waals surface area contributed by atoms with Gasteiger partial charge in [0.2, 0.25) is 5.76 Å². The summed E-state index contributed by atoms with van der Waals surface area (Å²) in [6.45, 7) is 4.40. The van der Waals surface area contributed by atoms with E-state index in [1.807, 2.05) is 0 Å². The summed E-state index contributed by atoms with van der Waals surface area (Å²) in [6.07, 6.45) is 0.733. The number of amides is 1. The smallest absolute Gasteiger partial charge is 0.290 e. The maximum atomic E-state index is 13.6. The summed E-state index contributed by atoms with van der Waals surface area (Å²) >= 11 is 6.10. The topological polar surface area (TPSA) is 63.0 Å². The van der Waals surface area contributed by atoms with E-state index in [1.165, 1.54) is 12.1 Å². The van der Waals surface area contributed by atoms with E-state index in [-0.39, 0.29) is 28.5 Å². The molecule has 0 radical (unpaired) electrons. The van der Waals surface area contributed by atoms with Gasteiger partial charge in [0, 0.05) is 31.2 Å². The van der Waals surface area contributed by atoms with Crippen molar-refractivity contribution in [3.8, 4) is 0 Å². The van der Waals surface area contributed by atoms with Crippen LogP contribution >= 0.6 is 11.6 Å². The molecule has 0 aliphatic carbocycles. The minimum Gasteiger partial charge on any atom is -0.450 e. The van der Waals surface area contributed by atoms with Gasteiger partial charge in [-0.2, -0.15) is 0 Å². The molecular weight excluding hydrogens is 435 g/mol. The Morgan fingerprint density at radius 2 is 1.78 bits per heavy atom. The van der Waals surface area contributed by atoms with E-state index in [9.17, 15) is 14.0 Å². The molecule has 6 nitrogen and oxygen atoms in total. The first-order chi connectivity index (χ1) is 15.5. The van der Waals surface area contributed by atoms with Crippen molar-refractivity contribution in [1.29, 1.82) is 0 Å². The number of hydrogen-bond acceptors (Lipinski definition) is 5. The SMILES string of the molecule is O=C1c2oc3ccc(Cl)cc3c(=O)c2[C@@H](c2ccc(F)cc2)N1CCCN1CCOCC1. The molecule has 3 aromatic rings. The zero-order valence-corrected chi connectivity index (χ0v) is 18.1. The Morgan fingerprint density at radius 1 is 1.03 bits per heavy atom. The second kappa shape index (κ2) is 8.65. The van der Waals surface area contributed by atoms with Gasteiger partial charge < -0.3 is 14.1 Å². The van der Waals surface area contributed by atoms with Crippen molar-refractivity contribution < 1.29 is 18.3 Å². The number of ether oxygens (including phenoxy) is 1. The van der Waals surface area contributed by atoms with Crippen LogP contribution in [0.1, 0.15) is 34.1 Å². The summed E-state index contributed by atoms with van der Waals surface area (Å²) in [6, 6.07) is 10.0. The van der Waals surface area contributed by atoms with Crippen LogP contribution in [0.15, 0.2) is 51.7 Å². The third-order valence-corrected chi connectivity index (χ3v) is 6.33. The standard InChI is InChI=1S/C24H22ClFN2O4/c25-16-4-7-19-18(14-16)22(29)20-21(15-2-5-17(26)6-3-15)28(24(30)23(20)32-19)9-1-8-27-10-12-31-13-11-27/h2-7,14,21H,1,8-13H2/t21-/m1/s1. The summed E-state index contributed by atoms with van der Waals surface area (Å²) in [5.41, 5.74) is 0.975. The molecule has 0 N–H and O–H groups in total. The lowest BCUT2D eigenvalue weighted by Gasteiger charge is -2.29. The fraction of sp³-hybridized carbons (Fsp3) is 0.333. The number of rotatable bonds is 5. The average Bonchev–Trinajstić information content (AvgIpc) is 3.08. The van der Waals surface area contributed by atoms with Crippen LogP contribution in [0.2, 0.25) is 5.02 Å².